The molecule has 2 atom stereocenters. The van der Waals surface area contributed by atoms with Gasteiger partial charge in [0.2, 0.25) is 18.2 Å². The van der Waals surface area contributed by atoms with Gasteiger partial charge in [-0.05, 0) is 27.2 Å². The molecule has 178 valence electrons. The average molecular weight is 459 g/mol. The van der Waals surface area contributed by atoms with Crippen molar-refractivity contribution in [3.8, 4) is 0 Å². The molecular weight excluding hydrogens is 423 g/mol. The number of carbonyl (C=O) groups is 5. The van der Waals surface area contributed by atoms with Crippen molar-refractivity contribution in [3.05, 3.63) is 0 Å². The first-order chi connectivity index (χ1) is 13.9. The van der Waals surface area contributed by atoms with Crippen molar-refractivity contribution in [1.29, 1.82) is 0 Å². The molecule has 0 fully saturated rings. The number of rotatable bonds is 10. The van der Waals surface area contributed by atoms with Gasteiger partial charge >= 0.3 is 5.97 Å². The molecule has 0 aromatic carbocycles. The zero-order valence-corrected chi connectivity index (χ0v) is 18.8. The van der Waals surface area contributed by atoms with Gasteiger partial charge < -0.3 is 31.9 Å². The fourth-order valence-corrected chi connectivity index (χ4v) is 1.18. The molecule has 7 N–H and O–H groups in total. The Labute approximate surface area is 181 Å². The molecule has 0 aliphatic heterocycles. The van der Waals surface area contributed by atoms with Crippen molar-refractivity contribution in [3.63, 3.8) is 0 Å². The number of halogens is 1. The summed E-state index contributed by atoms with van der Waals surface area (Å²) in [7, 11) is 0. The lowest BCUT2D eigenvalue weighted by atomic mass is 10.2. The van der Waals surface area contributed by atoms with Crippen LogP contribution in [-0.4, -0.2) is 71.3 Å². The number of nitrogens with one attached hydrogen (secondary N) is 3. The minimum Gasteiger partial charge on any atom is -0.483 e. The molecule has 11 nitrogen and oxygen atoms in total. The molecule has 0 aromatic heterocycles. The molecule has 30 heavy (non-hydrogen) atoms. The zero-order valence-electron chi connectivity index (χ0n) is 18.0. The van der Waals surface area contributed by atoms with Gasteiger partial charge in [0.1, 0.15) is 0 Å². The molecule has 0 radical (unpaired) electrons. The van der Waals surface area contributed by atoms with E-state index in [4.69, 9.17) is 20.7 Å². The second kappa shape index (κ2) is 26.6. The zero-order chi connectivity index (χ0) is 24.5. The van der Waals surface area contributed by atoms with E-state index in [1.165, 1.54) is 0 Å². The van der Waals surface area contributed by atoms with Crippen molar-refractivity contribution in [2.24, 2.45) is 5.73 Å². The lowest BCUT2D eigenvalue weighted by Crippen LogP contribution is -2.42. The number of hydrogen-bond donors (Lipinski definition) is 6. The number of aliphatic carboxylic acids is 1. The van der Waals surface area contributed by atoms with Gasteiger partial charge in [0, 0.05) is 36.4 Å². The van der Waals surface area contributed by atoms with Crippen LogP contribution in [0.4, 0.5) is 3.89 Å². The van der Waals surface area contributed by atoms with Gasteiger partial charge in [-0.3, -0.25) is 24.0 Å². The number of hydrogen-bond acceptors (Lipinski definition) is 7. The van der Waals surface area contributed by atoms with E-state index in [2.05, 4.69) is 16.0 Å². The van der Waals surface area contributed by atoms with Crippen LogP contribution in [0.15, 0.2) is 0 Å². The third-order valence-electron chi connectivity index (χ3n) is 2.49. The van der Waals surface area contributed by atoms with Gasteiger partial charge in [-0.2, -0.15) is 3.89 Å². The number of carbonyl (C=O) groups excluding carboxylic acids is 3. The Morgan fingerprint density at radius 3 is 1.93 bits per heavy atom. The molecule has 0 aliphatic rings. The maximum atomic E-state index is 11.0. The van der Waals surface area contributed by atoms with E-state index in [9.17, 15) is 23.1 Å². The highest BCUT2D eigenvalue weighted by atomic mass is 32.2. The van der Waals surface area contributed by atoms with Crippen LogP contribution in [0.1, 0.15) is 47.5 Å². The molecule has 2 unspecified atom stereocenters. The summed E-state index contributed by atoms with van der Waals surface area (Å²) in [4.78, 5) is 49.7. The van der Waals surface area contributed by atoms with Gasteiger partial charge in [-0.15, -0.1) is 0 Å². The van der Waals surface area contributed by atoms with Crippen LogP contribution in [0.5, 0.6) is 0 Å². The number of nitrogens with two attached hydrogens (primary N) is 1. The molecule has 0 rings (SSSR count). The molecule has 3 amide bonds. The summed E-state index contributed by atoms with van der Waals surface area (Å²) >= 11 is 0.380. The van der Waals surface area contributed by atoms with E-state index < -0.39 is 12.0 Å². The number of carboxylic acids is 1. The number of amides is 3. The quantitative estimate of drug-likeness (QED) is 0.250. The van der Waals surface area contributed by atoms with Crippen molar-refractivity contribution in [1.82, 2.24) is 16.0 Å². The Hall–Kier alpha value is -2.41. The molecule has 0 bridgehead atoms. The fraction of sp³-hybridized carbons (Fsp3) is 0.706. The first-order valence-electron chi connectivity index (χ1n) is 8.99. The molecule has 0 aliphatic carbocycles. The minimum atomic E-state index is -0.859. The molecule has 13 heteroatoms. The lowest BCUT2D eigenvalue weighted by Gasteiger charge is -2.14. The standard InChI is InChI=1S/C8H16N2O3.C5H10N2O2.C3H7FS.CH2O2/c1-5(3-4-7(11)12)10-8(13)6(2)9;1-2-7-5(9)3-6-4-8;1-3(2)5-4;2-1-3/h5-6H,3-4,9H2,1-2H3,(H,10,13)(H,11,12);4H,2-3H2,1H3,(H,6,8)(H,7,9);3H,1-2H3;1H,(H,2,3). The number of carboxylic acid groups (broad SMARTS) is 2. The highest BCUT2D eigenvalue weighted by Crippen LogP contribution is 2.07. The Kier molecular flexibility index (Phi) is 31.1. The minimum absolute atomic E-state index is 0.0560. The second-order valence-electron chi connectivity index (χ2n) is 5.83. The SMILES string of the molecule is CC(C)SF.CC(CCC(=O)O)NC(=O)C(C)N.CCNC(=O)CNC=O.O=CO. The maximum absolute atomic E-state index is 11.0. The van der Waals surface area contributed by atoms with E-state index in [1.807, 2.05) is 20.8 Å². The molecule has 0 saturated carbocycles. The normalized spacial score (nSPS) is 10.8. The fourth-order valence-electron chi connectivity index (χ4n) is 1.18. The lowest BCUT2D eigenvalue weighted by molar-refractivity contribution is -0.137. The monoisotopic (exact) mass is 458 g/mol. The number of likely N-dealkylation sites (N-methyl/N-ethyl adjacent to an activating group) is 1. The van der Waals surface area contributed by atoms with Crippen LogP contribution >= 0.6 is 12.1 Å². The largest absolute Gasteiger partial charge is 0.483 e. The summed E-state index contributed by atoms with van der Waals surface area (Å²) in [6, 6.07) is -0.693. The van der Waals surface area contributed by atoms with Crippen molar-refractivity contribution in [2.45, 2.75) is 64.8 Å². The maximum Gasteiger partial charge on any atom is 0.303 e. The van der Waals surface area contributed by atoms with E-state index in [-0.39, 0.29) is 42.5 Å². The summed E-state index contributed by atoms with van der Waals surface area (Å²) in [6.07, 6.45) is 0.976. The Morgan fingerprint density at radius 2 is 1.63 bits per heavy atom. The molecule has 0 saturated heterocycles. The van der Waals surface area contributed by atoms with Crippen LogP contribution in [-0.2, 0) is 24.0 Å². The van der Waals surface area contributed by atoms with Crippen LogP contribution in [0.2, 0.25) is 0 Å². The van der Waals surface area contributed by atoms with Crippen molar-refractivity contribution < 1.29 is 38.1 Å². The molecule has 0 heterocycles. The summed E-state index contributed by atoms with van der Waals surface area (Å²) in [6.45, 7) is 9.19. The van der Waals surface area contributed by atoms with Crippen LogP contribution in [0.3, 0.4) is 0 Å². The predicted molar refractivity (Wildman–Crippen MR) is 113 cm³/mol. The molecule has 0 aromatic rings. The second-order valence-corrected chi connectivity index (χ2v) is 6.95. The first-order valence-corrected chi connectivity index (χ1v) is 9.77. The van der Waals surface area contributed by atoms with Gasteiger partial charge in [0.05, 0.1) is 12.6 Å². The van der Waals surface area contributed by atoms with Crippen LogP contribution in [0, 0.1) is 0 Å². The van der Waals surface area contributed by atoms with Crippen molar-refractivity contribution in [2.75, 3.05) is 13.1 Å². The average Bonchev–Trinajstić information content (AvgIpc) is 2.66. The Bertz CT molecular complexity index is 469. The van der Waals surface area contributed by atoms with Crippen molar-refractivity contribution >= 4 is 42.8 Å². The van der Waals surface area contributed by atoms with Gasteiger partial charge in [0.15, 0.2) is 0 Å². The highest BCUT2D eigenvalue weighted by molar-refractivity contribution is 7.94. The third kappa shape index (κ3) is 40.3. The van der Waals surface area contributed by atoms with Gasteiger partial charge in [-0.25, -0.2) is 0 Å². The molecular formula is C17H35FN4O7S. The van der Waals surface area contributed by atoms with Gasteiger partial charge in [-0.1, -0.05) is 13.8 Å². The predicted octanol–water partition coefficient (Wildman–Crippen LogP) is 0.285. The third-order valence-corrected chi connectivity index (χ3v) is 2.85. The summed E-state index contributed by atoms with van der Waals surface area (Å²) in [5.74, 6) is -1.27. The van der Waals surface area contributed by atoms with E-state index in [1.54, 1.807) is 13.8 Å². The smallest absolute Gasteiger partial charge is 0.303 e. The van der Waals surface area contributed by atoms with E-state index >= 15 is 0 Å². The van der Waals surface area contributed by atoms with Crippen LogP contribution < -0.4 is 21.7 Å². The first kappa shape index (κ1) is 35.1. The van der Waals surface area contributed by atoms with Gasteiger partial charge in [0.25, 0.3) is 6.47 Å². The Morgan fingerprint density at radius 1 is 1.17 bits per heavy atom. The highest BCUT2D eigenvalue weighted by Gasteiger charge is 2.11. The topological polar surface area (TPSA) is 188 Å². The summed E-state index contributed by atoms with van der Waals surface area (Å²) in [5.41, 5.74) is 5.31. The summed E-state index contributed by atoms with van der Waals surface area (Å²) < 4.78 is 11.0. The van der Waals surface area contributed by atoms with E-state index in [0.717, 1.165) is 0 Å². The molecule has 0 spiro atoms. The van der Waals surface area contributed by atoms with Crippen LogP contribution in [0.25, 0.3) is 0 Å². The van der Waals surface area contributed by atoms with E-state index in [0.29, 0.717) is 31.5 Å². The summed E-state index contributed by atoms with van der Waals surface area (Å²) in [5, 5.41) is 22.8. The Balaban J connectivity index is -0.000000172.